The first-order chi connectivity index (χ1) is 11.1. The van der Waals surface area contributed by atoms with E-state index < -0.39 is 0 Å². The van der Waals surface area contributed by atoms with Gasteiger partial charge < -0.3 is 10.1 Å². The minimum Gasteiger partial charge on any atom is -0.465 e. The van der Waals surface area contributed by atoms with Gasteiger partial charge in [0.1, 0.15) is 10.6 Å². The lowest BCUT2D eigenvalue weighted by molar-refractivity contribution is 0.0600. The fourth-order valence-corrected chi connectivity index (χ4v) is 3.31. The van der Waals surface area contributed by atoms with Gasteiger partial charge in [-0.15, -0.1) is 11.3 Å². The van der Waals surface area contributed by atoms with Gasteiger partial charge in [-0.3, -0.25) is 0 Å². The molecule has 23 heavy (non-hydrogen) atoms. The minimum absolute atomic E-state index is 0.225. The second kappa shape index (κ2) is 6.52. The Morgan fingerprint density at radius 3 is 2.74 bits per heavy atom. The monoisotopic (exact) mass is 347 g/mol. The summed E-state index contributed by atoms with van der Waals surface area (Å²) < 4.78 is 4.68. The van der Waals surface area contributed by atoms with Crippen molar-refractivity contribution >= 4 is 44.9 Å². The fraction of sp³-hybridized carbons (Fsp3) is 0.188. The number of methoxy groups -OCH3 is 1. The number of benzene rings is 1. The average Bonchev–Trinajstić information content (AvgIpc) is 2.92. The molecule has 0 aliphatic heterocycles. The molecule has 0 amide bonds. The number of carbonyl (C=O) groups is 1. The summed E-state index contributed by atoms with van der Waals surface area (Å²) in [5, 5.41) is 4.46. The van der Waals surface area contributed by atoms with E-state index in [2.05, 4.69) is 20.0 Å². The zero-order valence-corrected chi connectivity index (χ0v) is 14.2. The third-order valence-corrected chi connectivity index (χ3v) is 4.44. The van der Waals surface area contributed by atoms with Crippen LogP contribution in [0.1, 0.15) is 20.8 Å². The maximum absolute atomic E-state index is 11.4. The summed E-state index contributed by atoms with van der Waals surface area (Å²) in [6, 6.07) is 9.26. The third kappa shape index (κ3) is 3.43. The van der Waals surface area contributed by atoms with E-state index in [0.717, 1.165) is 20.7 Å². The Bertz CT molecular complexity index is 862. The Kier molecular flexibility index (Phi) is 4.45. The molecule has 7 heteroatoms. The quantitative estimate of drug-likeness (QED) is 0.569. The number of hydrogen-bond donors (Lipinski definition) is 1. The number of aromatic nitrogens is 2. The maximum atomic E-state index is 11.4. The molecule has 1 aromatic carbocycles. The van der Waals surface area contributed by atoms with Gasteiger partial charge in [0.25, 0.3) is 0 Å². The Hall–Kier alpha value is -2.18. The average molecular weight is 348 g/mol. The number of hydrogen-bond acceptors (Lipinski definition) is 6. The van der Waals surface area contributed by atoms with E-state index in [1.54, 1.807) is 23.5 Å². The molecule has 0 bridgehead atoms. The first kappa shape index (κ1) is 15.7. The highest BCUT2D eigenvalue weighted by molar-refractivity contribution is 7.18. The van der Waals surface area contributed by atoms with Crippen molar-refractivity contribution in [2.24, 2.45) is 0 Å². The second-order valence-corrected chi connectivity index (χ2v) is 6.53. The Morgan fingerprint density at radius 2 is 2.04 bits per heavy atom. The highest BCUT2D eigenvalue weighted by Gasteiger charge is 2.10. The smallest absolute Gasteiger partial charge is 0.337 e. The minimum atomic E-state index is -0.345. The van der Waals surface area contributed by atoms with Crippen LogP contribution < -0.4 is 5.32 Å². The normalized spacial score (nSPS) is 10.7. The van der Waals surface area contributed by atoms with Gasteiger partial charge in [0.05, 0.1) is 18.1 Å². The lowest BCUT2D eigenvalue weighted by atomic mass is 10.1. The number of carbonyl (C=O) groups excluding carboxylic acids is 1. The molecule has 0 fully saturated rings. The van der Waals surface area contributed by atoms with Gasteiger partial charge in [0.15, 0.2) is 0 Å². The molecule has 0 aliphatic rings. The molecule has 5 nitrogen and oxygen atoms in total. The number of thiophene rings is 1. The van der Waals surface area contributed by atoms with Crippen LogP contribution in [0.5, 0.6) is 0 Å². The summed E-state index contributed by atoms with van der Waals surface area (Å²) in [5.74, 6) is 0.365. The molecule has 3 rings (SSSR count). The molecule has 2 aromatic heterocycles. The van der Waals surface area contributed by atoms with Crippen molar-refractivity contribution in [3.8, 4) is 0 Å². The first-order valence-corrected chi connectivity index (χ1v) is 8.11. The largest absolute Gasteiger partial charge is 0.465 e. The topological polar surface area (TPSA) is 64.1 Å². The van der Waals surface area contributed by atoms with Crippen molar-refractivity contribution in [1.82, 2.24) is 9.97 Å². The zero-order chi connectivity index (χ0) is 16.4. The van der Waals surface area contributed by atoms with Crippen LogP contribution in [0.3, 0.4) is 0 Å². The van der Waals surface area contributed by atoms with E-state index in [1.165, 1.54) is 7.11 Å². The van der Waals surface area contributed by atoms with Crippen molar-refractivity contribution < 1.29 is 9.53 Å². The zero-order valence-electron chi connectivity index (χ0n) is 12.6. The van der Waals surface area contributed by atoms with E-state index >= 15 is 0 Å². The van der Waals surface area contributed by atoms with Crippen molar-refractivity contribution in [3.05, 3.63) is 51.6 Å². The molecule has 1 N–H and O–H groups in total. The molecule has 0 unspecified atom stereocenters. The molecular weight excluding hydrogens is 334 g/mol. The van der Waals surface area contributed by atoms with Crippen molar-refractivity contribution in [2.75, 3.05) is 12.4 Å². The number of anilines is 1. The standard InChI is InChI=1S/C16H14ClN3O2S/c1-9-7-12-13(19-16(17)20-14(12)23-9)18-8-10-3-5-11(6-4-10)15(21)22-2/h3-7H,8H2,1-2H3,(H,18,19,20). The van der Waals surface area contributed by atoms with Crippen LogP contribution in [-0.4, -0.2) is 23.0 Å². The molecule has 0 aliphatic carbocycles. The van der Waals surface area contributed by atoms with Crippen LogP contribution in [0.15, 0.2) is 30.3 Å². The van der Waals surface area contributed by atoms with Gasteiger partial charge in [-0.25, -0.2) is 14.8 Å². The Balaban J connectivity index is 1.79. The second-order valence-electron chi connectivity index (χ2n) is 4.96. The highest BCUT2D eigenvalue weighted by atomic mass is 35.5. The predicted octanol–water partition coefficient (Wildman–Crippen LogP) is 4.05. The molecule has 118 valence electrons. The van der Waals surface area contributed by atoms with E-state index in [-0.39, 0.29) is 11.3 Å². The third-order valence-electron chi connectivity index (χ3n) is 3.32. The van der Waals surface area contributed by atoms with Crippen LogP contribution in [0, 0.1) is 6.92 Å². The lowest BCUT2D eigenvalue weighted by Gasteiger charge is -2.08. The van der Waals surface area contributed by atoms with Crippen LogP contribution in [0.2, 0.25) is 5.28 Å². The molecule has 0 radical (unpaired) electrons. The van der Waals surface area contributed by atoms with Gasteiger partial charge in [-0.05, 0) is 42.3 Å². The molecule has 0 atom stereocenters. The molecule has 0 saturated carbocycles. The molecule has 3 aromatic rings. The van der Waals surface area contributed by atoms with Gasteiger partial charge in [0, 0.05) is 11.4 Å². The number of ether oxygens (including phenoxy) is 1. The summed E-state index contributed by atoms with van der Waals surface area (Å²) in [7, 11) is 1.37. The number of fused-ring (bicyclic) bond motifs is 1. The summed E-state index contributed by atoms with van der Waals surface area (Å²) in [5.41, 5.74) is 1.55. The lowest BCUT2D eigenvalue weighted by Crippen LogP contribution is -2.04. The summed E-state index contributed by atoms with van der Waals surface area (Å²) >= 11 is 7.56. The van der Waals surface area contributed by atoms with E-state index in [9.17, 15) is 4.79 Å². The van der Waals surface area contributed by atoms with Gasteiger partial charge >= 0.3 is 5.97 Å². The van der Waals surface area contributed by atoms with Crippen LogP contribution in [0.25, 0.3) is 10.2 Å². The molecule has 2 heterocycles. The summed E-state index contributed by atoms with van der Waals surface area (Å²) in [6.07, 6.45) is 0. The van der Waals surface area contributed by atoms with Gasteiger partial charge in [0.2, 0.25) is 5.28 Å². The Morgan fingerprint density at radius 1 is 1.30 bits per heavy atom. The molecule has 0 saturated heterocycles. The molecular formula is C16H14ClN3O2S. The van der Waals surface area contributed by atoms with Crippen LogP contribution in [0.4, 0.5) is 5.82 Å². The number of aryl methyl sites for hydroxylation is 1. The predicted molar refractivity (Wildman–Crippen MR) is 92.3 cm³/mol. The first-order valence-electron chi connectivity index (χ1n) is 6.91. The van der Waals surface area contributed by atoms with E-state index in [0.29, 0.717) is 17.9 Å². The number of halogens is 1. The van der Waals surface area contributed by atoms with Crippen molar-refractivity contribution in [1.29, 1.82) is 0 Å². The summed E-state index contributed by atoms with van der Waals surface area (Å²) in [4.78, 5) is 21.9. The van der Waals surface area contributed by atoms with Gasteiger partial charge in [-0.2, -0.15) is 0 Å². The maximum Gasteiger partial charge on any atom is 0.337 e. The van der Waals surface area contributed by atoms with Crippen LogP contribution >= 0.6 is 22.9 Å². The van der Waals surface area contributed by atoms with Crippen molar-refractivity contribution in [2.45, 2.75) is 13.5 Å². The van der Waals surface area contributed by atoms with E-state index in [4.69, 9.17) is 11.6 Å². The summed E-state index contributed by atoms with van der Waals surface area (Å²) in [6.45, 7) is 2.59. The number of nitrogens with zero attached hydrogens (tertiary/aromatic N) is 2. The highest BCUT2D eigenvalue weighted by Crippen LogP contribution is 2.29. The Labute approximate surface area is 142 Å². The fourth-order valence-electron chi connectivity index (χ4n) is 2.21. The SMILES string of the molecule is COC(=O)c1ccc(CNc2nc(Cl)nc3sc(C)cc23)cc1. The van der Waals surface area contributed by atoms with Gasteiger partial charge in [-0.1, -0.05) is 12.1 Å². The molecule has 0 spiro atoms. The van der Waals surface area contributed by atoms with Crippen LogP contribution in [-0.2, 0) is 11.3 Å². The van der Waals surface area contributed by atoms with Crippen molar-refractivity contribution in [3.63, 3.8) is 0 Å². The number of esters is 1. The van der Waals surface area contributed by atoms with E-state index in [1.807, 2.05) is 25.1 Å². The number of rotatable bonds is 4. The number of nitrogens with one attached hydrogen (secondary N) is 1.